The van der Waals surface area contributed by atoms with Gasteiger partial charge in [0, 0.05) is 47.4 Å². The van der Waals surface area contributed by atoms with Crippen LogP contribution in [0, 0.1) is 0 Å². The Labute approximate surface area is 253 Å². The van der Waals surface area contributed by atoms with E-state index in [0.717, 1.165) is 52.7 Å². The van der Waals surface area contributed by atoms with Crippen LogP contribution in [-0.4, -0.2) is 7.05 Å². The van der Waals surface area contributed by atoms with Crippen LogP contribution in [0.5, 0.6) is 0 Å². The van der Waals surface area contributed by atoms with Gasteiger partial charge in [-0.05, 0) is 123 Å². The summed E-state index contributed by atoms with van der Waals surface area (Å²) in [5.41, 5.74) is 16.1. The van der Waals surface area contributed by atoms with Gasteiger partial charge in [-0.3, -0.25) is 0 Å². The highest BCUT2D eigenvalue weighted by Crippen LogP contribution is 2.35. The summed E-state index contributed by atoms with van der Waals surface area (Å²) in [5, 5.41) is 3.24. The van der Waals surface area contributed by atoms with Gasteiger partial charge >= 0.3 is 0 Å². The highest BCUT2D eigenvalue weighted by molar-refractivity contribution is 5.74. The molecule has 4 rings (SSSR count). The second-order valence-electron chi connectivity index (χ2n) is 10.7. The first-order valence-electron chi connectivity index (χ1n) is 15.3. The Balaban J connectivity index is 1.84. The van der Waals surface area contributed by atoms with Crippen molar-refractivity contribution in [1.82, 2.24) is 0 Å². The van der Waals surface area contributed by atoms with Gasteiger partial charge in [0.15, 0.2) is 0 Å². The number of anilines is 6. The maximum absolute atomic E-state index is 6.11. The van der Waals surface area contributed by atoms with Gasteiger partial charge in [-0.15, -0.1) is 0 Å². The molecule has 4 aromatic carbocycles. The summed E-state index contributed by atoms with van der Waals surface area (Å²) in [6.07, 6.45) is 13.5. The maximum atomic E-state index is 6.11. The van der Waals surface area contributed by atoms with Gasteiger partial charge in [0.1, 0.15) is 0 Å². The molecule has 0 atom stereocenters. The number of aryl methyl sites for hydroxylation is 2. The maximum Gasteiger partial charge on any atom is 0.0624 e. The molecule has 0 aliphatic carbocycles. The van der Waals surface area contributed by atoms with E-state index >= 15 is 0 Å². The topological polar surface area (TPSA) is 44.5 Å². The summed E-state index contributed by atoms with van der Waals surface area (Å²) in [6, 6.07) is 34.6. The summed E-state index contributed by atoms with van der Waals surface area (Å²) >= 11 is 0. The quantitative estimate of drug-likeness (QED) is 0.119. The Hall–Kier alpha value is -4.44. The fraction of sp³-hybridized carbons (Fsp3) is 0.263. The van der Waals surface area contributed by atoms with E-state index in [1.54, 1.807) is 0 Å². The van der Waals surface area contributed by atoms with Crippen molar-refractivity contribution in [2.45, 2.75) is 59.3 Å². The number of unbranched alkanes of at least 4 members (excludes halogenated alkanes) is 2. The molecule has 4 heteroatoms. The van der Waals surface area contributed by atoms with Crippen molar-refractivity contribution < 1.29 is 0 Å². The van der Waals surface area contributed by atoms with Crippen LogP contribution in [0.4, 0.5) is 34.1 Å². The third-order valence-electron chi connectivity index (χ3n) is 7.49. The second-order valence-corrected chi connectivity index (χ2v) is 10.7. The van der Waals surface area contributed by atoms with E-state index < -0.39 is 0 Å². The molecule has 0 spiro atoms. The van der Waals surface area contributed by atoms with E-state index in [4.69, 9.17) is 5.73 Å². The van der Waals surface area contributed by atoms with Crippen molar-refractivity contribution in [3.63, 3.8) is 0 Å². The van der Waals surface area contributed by atoms with E-state index in [1.165, 1.54) is 36.8 Å². The lowest BCUT2D eigenvalue weighted by Gasteiger charge is -2.30. The molecule has 0 aliphatic heterocycles. The lowest BCUT2D eigenvalue weighted by molar-refractivity contribution is 0.795. The van der Waals surface area contributed by atoms with Crippen LogP contribution < -0.4 is 20.9 Å². The Morgan fingerprint density at radius 3 is 1.57 bits per heavy atom. The minimum atomic E-state index is 0.750. The van der Waals surface area contributed by atoms with Crippen LogP contribution in [0.25, 0.3) is 0 Å². The molecule has 0 aromatic heterocycles. The molecule has 0 saturated carbocycles. The highest BCUT2D eigenvalue weighted by Gasteiger charge is 2.17. The van der Waals surface area contributed by atoms with Crippen LogP contribution >= 0.6 is 0 Å². The van der Waals surface area contributed by atoms with E-state index in [1.807, 2.05) is 19.2 Å². The van der Waals surface area contributed by atoms with E-state index in [2.05, 4.69) is 139 Å². The SMILES string of the molecule is C/C=C\C(=C/N(c1ccc(CCCC)cc1)c1ccc(NC)cc1)N(c1ccc(N)cc1)c1ccc(CCCC)cc1. The minimum absolute atomic E-state index is 0.750. The molecule has 4 aromatic rings. The molecule has 0 bridgehead atoms. The van der Waals surface area contributed by atoms with E-state index in [9.17, 15) is 0 Å². The summed E-state index contributed by atoms with van der Waals surface area (Å²) < 4.78 is 0. The zero-order valence-electron chi connectivity index (χ0n) is 25.7. The molecule has 0 fully saturated rings. The first-order valence-corrected chi connectivity index (χ1v) is 15.3. The average molecular weight is 559 g/mol. The second kappa shape index (κ2) is 15.5. The first-order chi connectivity index (χ1) is 20.6. The predicted octanol–water partition coefficient (Wildman–Crippen LogP) is 10.4. The van der Waals surface area contributed by atoms with Gasteiger partial charge < -0.3 is 20.9 Å². The zero-order valence-corrected chi connectivity index (χ0v) is 25.7. The fourth-order valence-corrected chi connectivity index (χ4v) is 5.03. The summed E-state index contributed by atoms with van der Waals surface area (Å²) in [4.78, 5) is 4.58. The van der Waals surface area contributed by atoms with Crippen molar-refractivity contribution in [1.29, 1.82) is 0 Å². The highest BCUT2D eigenvalue weighted by atomic mass is 15.2. The lowest BCUT2D eigenvalue weighted by atomic mass is 10.1. The monoisotopic (exact) mass is 558 g/mol. The van der Waals surface area contributed by atoms with Crippen molar-refractivity contribution in [3.05, 3.63) is 132 Å². The summed E-state index contributed by atoms with van der Waals surface area (Å²) in [5.74, 6) is 0. The third kappa shape index (κ3) is 8.07. The number of benzene rings is 4. The van der Waals surface area contributed by atoms with Gasteiger partial charge in [-0.1, -0.05) is 57.0 Å². The smallest absolute Gasteiger partial charge is 0.0624 e. The van der Waals surface area contributed by atoms with Crippen molar-refractivity contribution >= 4 is 34.1 Å². The fourth-order valence-electron chi connectivity index (χ4n) is 5.03. The number of nitrogens with zero attached hydrogens (tertiary/aromatic N) is 2. The molecule has 42 heavy (non-hydrogen) atoms. The molecule has 0 aliphatic rings. The van der Waals surface area contributed by atoms with Crippen LogP contribution in [0.15, 0.2) is 121 Å². The Bertz CT molecular complexity index is 1420. The van der Waals surface area contributed by atoms with Crippen molar-refractivity contribution in [2.24, 2.45) is 0 Å². The summed E-state index contributed by atoms with van der Waals surface area (Å²) in [6.45, 7) is 6.55. The molecule has 218 valence electrons. The van der Waals surface area contributed by atoms with Crippen LogP contribution in [0.2, 0.25) is 0 Å². The number of hydrogen-bond acceptors (Lipinski definition) is 4. The minimum Gasteiger partial charge on any atom is -0.399 e. The number of nitrogens with one attached hydrogen (secondary N) is 1. The van der Waals surface area contributed by atoms with Gasteiger partial charge in [-0.25, -0.2) is 0 Å². The Morgan fingerprint density at radius 1 is 0.667 bits per heavy atom. The molecule has 0 radical (unpaired) electrons. The predicted molar refractivity (Wildman–Crippen MR) is 184 cm³/mol. The number of nitrogen functional groups attached to an aromatic ring is 1. The van der Waals surface area contributed by atoms with Crippen LogP contribution in [-0.2, 0) is 12.8 Å². The van der Waals surface area contributed by atoms with Gasteiger partial charge in [0.05, 0.1) is 5.70 Å². The molecule has 0 heterocycles. The van der Waals surface area contributed by atoms with Gasteiger partial charge in [0.25, 0.3) is 0 Å². The zero-order chi connectivity index (χ0) is 29.7. The molecule has 0 amide bonds. The lowest BCUT2D eigenvalue weighted by Crippen LogP contribution is -2.19. The number of nitrogens with two attached hydrogens (primary N) is 1. The first kappa shape index (κ1) is 30.5. The molecule has 0 unspecified atom stereocenters. The average Bonchev–Trinajstić information content (AvgIpc) is 3.03. The van der Waals surface area contributed by atoms with Gasteiger partial charge in [-0.2, -0.15) is 0 Å². The molecule has 0 saturated heterocycles. The molecular formula is C38H46N4. The van der Waals surface area contributed by atoms with Gasteiger partial charge in [0.2, 0.25) is 0 Å². The normalized spacial score (nSPS) is 11.6. The van der Waals surface area contributed by atoms with E-state index in [-0.39, 0.29) is 0 Å². The van der Waals surface area contributed by atoms with Crippen molar-refractivity contribution in [2.75, 3.05) is 27.9 Å². The molecule has 4 nitrogen and oxygen atoms in total. The summed E-state index contributed by atoms with van der Waals surface area (Å²) in [7, 11) is 1.95. The standard InChI is InChI=1S/C38H46N4/c1-5-8-11-30-13-21-34(22-14-30)41(35-27-19-33(40-4)20-28-35)29-38(10-7-3)42(37-25-17-32(39)18-26-37)36-23-15-31(16-24-36)12-9-6-2/h7,10,13-29,40H,5-6,8-9,11-12,39H2,1-4H3/b10-7-,38-29+. The molecule has 3 N–H and O–H groups in total. The van der Waals surface area contributed by atoms with Crippen molar-refractivity contribution in [3.8, 4) is 0 Å². The Kier molecular flexibility index (Phi) is 11.3. The third-order valence-corrected chi connectivity index (χ3v) is 7.49. The number of rotatable bonds is 14. The number of allylic oxidation sites excluding steroid dienone is 2. The van der Waals surface area contributed by atoms with E-state index in [0.29, 0.717) is 0 Å². The Morgan fingerprint density at radius 2 is 1.12 bits per heavy atom. The largest absolute Gasteiger partial charge is 0.399 e. The number of hydrogen-bond donors (Lipinski definition) is 2. The van der Waals surface area contributed by atoms with Crippen LogP contribution in [0.1, 0.15) is 57.6 Å². The molecular weight excluding hydrogens is 512 g/mol. The van der Waals surface area contributed by atoms with Crippen LogP contribution in [0.3, 0.4) is 0 Å².